The Bertz CT molecular complexity index is 1040. The minimum absolute atomic E-state index is 0.0837. The number of furan rings is 1. The van der Waals surface area contributed by atoms with Crippen molar-refractivity contribution in [2.75, 3.05) is 18.9 Å². The predicted molar refractivity (Wildman–Crippen MR) is 102 cm³/mol. The van der Waals surface area contributed by atoms with Crippen molar-refractivity contribution >= 4 is 22.2 Å². The molecule has 0 spiro atoms. The number of benzene rings is 1. The number of nitrogens with one attached hydrogen (secondary N) is 2. The fraction of sp³-hybridized carbons (Fsp3) is 0.250. The molecule has 1 aromatic carbocycles. The molecular formula is C20H18FN3O2S. The lowest BCUT2D eigenvalue weighted by Gasteiger charge is -2.26. The molecule has 138 valence electrons. The van der Waals surface area contributed by atoms with Crippen LogP contribution >= 0.6 is 11.3 Å². The van der Waals surface area contributed by atoms with Crippen LogP contribution in [-0.2, 0) is 13.0 Å². The fourth-order valence-corrected chi connectivity index (χ4v) is 5.05. The third-order valence-corrected chi connectivity index (χ3v) is 6.22. The smallest absolute Gasteiger partial charge is 0.256 e. The van der Waals surface area contributed by atoms with Gasteiger partial charge >= 0.3 is 0 Å². The van der Waals surface area contributed by atoms with Crippen molar-refractivity contribution in [1.29, 1.82) is 0 Å². The third-order valence-electron chi connectivity index (χ3n) is 5.08. The minimum Gasteiger partial charge on any atom is -0.457 e. The second-order valence-electron chi connectivity index (χ2n) is 6.93. The van der Waals surface area contributed by atoms with Crippen LogP contribution in [0.1, 0.15) is 32.7 Å². The Hall–Kier alpha value is -2.64. The molecule has 0 aliphatic carbocycles. The van der Waals surface area contributed by atoms with Crippen LogP contribution in [0.4, 0.5) is 9.39 Å². The SMILES string of the molecule is CN1CCc2c(sc3c2C(=O)N[C@H](c2ccc(-c4ccccc4F)o2)N3)C1. The van der Waals surface area contributed by atoms with Gasteiger partial charge in [-0.2, -0.15) is 0 Å². The Morgan fingerprint density at radius 3 is 2.93 bits per heavy atom. The highest BCUT2D eigenvalue weighted by Gasteiger charge is 2.33. The molecule has 0 radical (unpaired) electrons. The Morgan fingerprint density at radius 1 is 1.22 bits per heavy atom. The van der Waals surface area contributed by atoms with Crippen molar-refractivity contribution in [3.05, 3.63) is 64.0 Å². The van der Waals surface area contributed by atoms with E-state index in [1.807, 2.05) is 0 Å². The molecule has 0 saturated carbocycles. The van der Waals surface area contributed by atoms with E-state index in [2.05, 4.69) is 22.6 Å². The van der Waals surface area contributed by atoms with E-state index in [-0.39, 0.29) is 11.7 Å². The number of carbonyl (C=O) groups is 1. The average molecular weight is 383 g/mol. The molecule has 4 heterocycles. The summed E-state index contributed by atoms with van der Waals surface area (Å²) in [7, 11) is 2.09. The van der Waals surface area contributed by atoms with Gasteiger partial charge in [0, 0.05) is 18.0 Å². The number of thiophene rings is 1. The molecule has 0 fully saturated rings. The number of hydrogen-bond donors (Lipinski definition) is 2. The molecule has 27 heavy (non-hydrogen) atoms. The number of amides is 1. The van der Waals surface area contributed by atoms with Gasteiger partial charge in [0.25, 0.3) is 5.91 Å². The number of halogens is 1. The van der Waals surface area contributed by atoms with Gasteiger partial charge in [-0.1, -0.05) is 12.1 Å². The van der Waals surface area contributed by atoms with Crippen LogP contribution in [-0.4, -0.2) is 24.4 Å². The summed E-state index contributed by atoms with van der Waals surface area (Å²) in [6, 6.07) is 9.98. The third kappa shape index (κ3) is 2.74. The van der Waals surface area contributed by atoms with Crippen LogP contribution in [0, 0.1) is 5.82 Å². The van der Waals surface area contributed by atoms with Crippen LogP contribution in [0.2, 0.25) is 0 Å². The molecule has 2 aliphatic heterocycles. The summed E-state index contributed by atoms with van der Waals surface area (Å²) < 4.78 is 19.9. The summed E-state index contributed by atoms with van der Waals surface area (Å²) in [5, 5.41) is 7.23. The van der Waals surface area contributed by atoms with E-state index in [0.717, 1.165) is 35.6 Å². The molecule has 3 aromatic rings. The summed E-state index contributed by atoms with van der Waals surface area (Å²) in [5.74, 6) is 0.573. The van der Waals surface area contributed by atoms with Crippen molar-refractivity contribution in [2.45, 2.75) is 19.1 Å². The zero-order valence-electron chi connectivity index (χ0n) is 14.7. The first-order valence-electron chi connectivity index (χ1n) is 8.85. The van der Waals surface area contributed by atoms with E-state index in [1.54, 1.807) is 41.7 Å². The standard InChI is InChI=1S/C20H18FN3O2S/c1-24-9-8-12-16(10-24)27-20-17(12)19(25)22-18(23-20)15-7-6-14(26-15)11-4-2-3-5-13(11)21/h2-7,18,23H,8-10H2,1H3,(H,22,25)/t18-/m0/s1. The van der Waals surface area contributed by atoms with Gasteiger partial charge in [-0.25, -0.2) is 4.39 Å². The highest BCUT2D eigenvalue weighted by Crippen LogP contribution is 2.41. The molecule has 5 rings (SSSR count). The van der Waals surface area contributed by atoms with Crippen LogP contribution in [0.25, 0.3) is 11.3 Å². The molecule has 7 heteroatoms. The number of fused-ring (bicyclic) bond motifs is 3. The molecule has 2 aromatic heterocycles. The number of hydrogen-bond acceptors (Lipinski definition) is 5. The van der Waals surface area contributed by atoms with Gasteiger partial charge in [-0.05, 0) is 43.3 Å². The Labute approximate surface area is 159 Å². The van der Waals surface area contributed by atoms with Crippen molar-refractivity contribution in [3.63, 3.8) is 0 Å². The zero-order chi connectivity index (χ0) is 18.5. The lowest BCUT2D eigenvalue weighted by atomic mass is 10.0. The maximum Gasteiger partial charge on any atom is 0.256 e. The van der Waals surface area contributed by atoms with E-state index >= 15 is 0 Å². The zero-order valence-corrected chi connectivity index (χ0v) is 15.5. The van der Waals surface area contributed by atoms with Gasteiger partial charge in [-0.15, -0.1) is 11.3 Å². The van der Waals surface area contributed by atoms with Gasteiger partial charge in [0.15, 0.2) is 6.17 Å². The molecule has 1 amide bonds. The second-order valence-corrected chi connectivity index (χ2v) is 8.03. The molecule has 0 bridgehead atoms. The summed E-state index contributed by atoms with van der Waals surface area (Å²) in [4.78, 5) is 16.3. The van der Waals surface area contributed by atoms with E-state index in [9.17, 15) is 9.18 Å². The average Bonchev–Trinajstić information content (AvgIpc) is 3.26. The van der Waals surface area contributed by atoms with E-state index in [1.165, 1.54) is 10.9 Å². The summed E-state index contributed by atoms with van der Waals surface area (Å²) in [5.41, 5.74) is 2.32. The maximum atomic E-state index is 14.0. The molecular weight excluding hydrogens is 365 g/mol. The van der Waals surface area contributed by atoms with E-state index in [0.29, 0.717) is 17.1 Å². The van der Waals surface area contributed by atoms with Gasteiger partial charge in [0.1, 0.15) is 22.3 Å². The first-order valence-corrected chi connectivity index (χ1v) is 9.67. The highest BCUT2D eigenvalue weighted by molar-refractivity contribution is 7.16. The largest absolute Gasteiger partial charge is 0.457 e. The van der Waals surface area contributed by atoms with Gasteiger partial charge in [-0.3, -0.25) is 4.79 Å². The summed E-state index contributed by atoms with van der Waals surface area (Å²) >= 11 is 1.63. The molecule has 2 aliphatic rings. The lowest BCUT2D eigenvalue weighted by molar-refractivity contribution is 0.0930. The van der Waals surface area contributed by atoms with Crippen LogP contribution in [0.5, 0.6) is 0 Å². The molecule has 1 atom stereocenters. The highest BCUT2D eigenvalue weighted by atomic mass is 32.1. The van der Waals surface area contributed by atoms with Crippen molar-refractivity contribution < 1.29 is 13.6 Å². The molecule has 5 nitrogen and oxygen atoms in total. The number of likely N-dealkylation sites (N-methyl/N-ethyl adjacent to an activating group) is 1. The lowest BCUT2D eigenvalue weighted by Crippen LogP contribution is -2.38. The monoisotopic (exact) mass is 383 g/mol. The van der Waals surface area contributed by atoms with Crippen LogP contribution in [0.15, 0.2) is 40.8 Å². The quantitative estimate of drug-likeness (QED) is 0.703. The van der Waals surface area contributed by atoms with Crippen molar-refractivity contribution in [2.24, 2.45) is 0 Å². The minimum atomic E-state index is -0.469. The molecule has 0 unspecified atom stereocenters. The first-order chi connectivity index (χ1) is 13.1. The van der Waals surface area contributed by atoms with Gasteiger partial charge in [0.05, 0.1) is 11.1 Å². The Morgan fingerprint density at radius 2 is 2.07 bits per heavy atom. The Kier molecular flexibility index (Phi) is 3.80. The second kappa shape index (κ2) is 6.21. The number of nitrogens with zero attached hydrogens (tertiary/aromatic N) is 1. The van der Waals surface area contributed by atoms with E-state index < -0.39 is 6.17 Å². The van der Waals surface area contributed by atoms with Crippen LogP contribution in [0.3, 0.4) is 0 Å². The summed E-state index contributed by atoms with van der Waals surface area (Å²) in [6.07, 6.45) is 0.415. The van der Waals surface area contributed by atoms with Crippen molar-refractivity contribution in [3.8, 4) is 11.3 Å². The summed E-state index contributed by atoms with van der Waals surface area (Å²) in [6.45, 7) is 1.82. The maximum absolute atomic E-state index is 14.0. The fourth-order valence-electron chi connectivity index (χ4n) is 3.70. The predicted octanol–water partition coefficient (Wildman–Crippen LogP) is 3.99. The van der Waals surface area contributed by atoms with Crippen molar-refractivity contribution in [1.82, 2.24) is 10.2 Å². The first kappa shape index (κ1) is 16.5. The van der Waals surface area contributed by atoms with Crippen LogP contribution < -0.4 is 10.6 Å². The molecule has 2 N–H and O–H groups in total. The normalized spacial score (nSPS) is 19.2. The number of anilines is 1. The number of rotatable bonds is 2. The van der Waals surface area contributed by atoms with E-state index in [4.69, 9.17) is 4.42 Å². The van der Waals surface area contributed by atoms with Gasteiger partial charge in [0.2, 0.25) is 0 Å². The molecule has 0 saturated heterocycles. The Balaban J connectivity index is 1.46. The number of carbonyl (C=O) groups excluding carboxylic acids is 1. The topological polar surface area (TPSA) is 57.5 Å². The van der Waals surface area contributed by atoms with Gasteiger partial charge < -0.3 is 20.0 Å².